The molecule has 0 aliphatic heterocycles. The zero-order valence-corrected chi connectivity index (χ0v) is 20.2. The van der Waals surface area contributed by atoms with Crippen molar-refractivity contribution >= 4 is 22.9 Å². The molecule has 0 saturated heterocycles. The molecule has 2 N–H and O–H groups in total. The van der Waals surface area contributed by atoms with Crippen LogP contribution >= 0.6 is 0 Å². The quantitative estimate of drug-likeness (QED) is 0.292. The number of halogens is 1. The molecule has 0 saturated carbocycles. The second-order valence-electron chi connectivity index (χ2n) is 8.76. The van der Waals surface area contributed by atoms with Gasteiger partial charge in [-0.3, -0.25) is 9.59 Å². The summed E-state index contributed by atoms with van der Waals surface area (Å²) in [6.45, 7) is 1.82. The number of carbonyl (C=O) groups is 2. The number of carboxylic acids is 1. The highest BCUT2D eigenvalue weighted by Crippen LogP contribution is 2.26. The first-order chi connectivity index (χ1) is 17.8. The molecule has 4 aromatic rings. The monoisotopic (exact) mass is 496 g/mol. The second kappa shape index (κ2) is 11.4. The smallest absolute Gasteiger partial charge is 0.303 e. The van der Waals surface area contributed by atoms with Gasteiger partial charge in [0.05, 0.1) is 40.1 Å². The number of nitrogens with zero attached hydrogens (tertiary/aromatic N) is 3. The molecular formula is C29H25FN4O3. The summed E-state index contributed by atoms with van der Waals surface area (Å²) in [7, 11) is 0. The highest BCUT2D eigenvalue weighted by Gasteiger charge is 2.16. The van der Waals surface area contributed by atoms with Gasteiger partial charge in [0.15, 0.2) is 0 Å². The van der Waals surface area contributed by atoms with Gasteiger partial charge in [-0.1, -0.05) is 24.3 Å². The zero-order chi connectivity index (χ0) is 26.4. The van der Waals surface area contributed by atoms with Crippen molar-refractivity contribution in [3.63, 3.8) is 0 Å². The molecule has 0 radical (unpaired) electrons. The van der Waals surface area contributed by atoms with Gasteiger partial charge in [0.25, 0.3) is 5.91 Å². The van der Waals surface area contributed by atoms with Gasteiger partial charge in [-0.15, -0.1) is 0 Å². The number of aliphatic carboxylic acids is 1. The third kappa shape index (κ3) is 6.33. The molecule has 1 aromatic heterocycles. The van der Waals surface area contributed by atoms with Crippen molar-refractivity contribution in [3.05, 3.63) is 94.9 Å². The Labute approximate surface area is 213 Å². The molecular weight excluding hydrogens is 471 g/mol. The van der Waals surface area contributed by atoms with Gasteiger partial charge in [-0.2, -0.15) is 5.26 Å². The average Bonchev–Trinajstić information content (AvgIpc) is 2.90. The molecule has 3 aromatic carbocycles. The Hall–Kier alpha value is -4.64. The second-order valence-corrected chi connectivity index (χ2v) is 8.76. The minimum absolute atomic E-state index is 0.0663. The number of unbranched alkanes of at least 4 members (excludes halogenated alkanes) is 1. The van der Waals surface area contributed by atoms with Crippen molar-refractivity contribution in [3.8, 4) is 17.3 Å². The fourth-order valence-electron chi connectivity index (χ4n) is 4.06. The largest absolute Gasteiger partial charge is 0.481 e. The van der Waals surface area contributed by atoms with Crippen LogP contribution in [-0.4, -0.2) is 27.0 Å². The molecule has 0 aliphatic rings. The van der Waals surface area contributed by atoms with Crippen LogP contribution < -0.4 is 5.32 Å². The van der Waals surface area contributed by atoms with Crippen molar-refractivity contribution < 1.29 is 19.1 Å². The lowest BCUT2D eigenvalue weighted by Gasteiger charge is -2.15. The average molecular weight is 497 g/mol. The summed E-state index contributed by atoms with van der Waals surface area (Å²) in [5.41, 5.74) is 4.86. The lowest BCUT2D eigenvalue weighted by atomic mass is 10.0. The van der Waals surface area contributed by atoms with Crippen molar-refractivity contribution in [2.24, 2.45) is 0 Å². The Morgan fingerprint density at radius 2 is 1.81 bits per heavy atom. The lowest BCUT2D eigenvalue weighted by Crippen LogP contribution is -2.26. The van der Waals surface area contributed by atoms with Crippen molar-refractivity contribution in [2.75, 3.05) is 0 Å². The summed E-state index contributed by atoms with van der Waals surface area (Å²) in [5, 5.41) is 21.2. The van der Waals surface area contributed by atoms with E-state index in [-0.39, 0.29) is 24.2 Å². The number of nitriles is 1. The van der Waals surface area contributed by atoms with Crippen LogP contribution in [0, 0.1) is 17.1 Å². The number of fused-ring (bicyclic) bond motifs is 1. The fourth-order valence-corrected chi connectivity index (χ4v) is 4.06. The molecule has 0 spiro atoms. The predicted molar refractivity (Wildman–Crippen MR) is 137 cm³/mol. The number of benzene rings is 3. The van der Waals surface area contributed by atoms with Crippen molar-refractivity contribution in [1.29, 1.82) is 5.26 Å². The number of carboxylic acid groups (broad SMARTS) is 1. The highest BCUT2D eigenvalue weighted by atomic mass is 19.1. The zero-order valence-electron chi connectivity index (χ0n) is 20.2. The Morgan fingerprint density at radius 3 is 2.54 bits per heavy atom. The van der Waals surface area contributed by atoms with Gasteiger partial charge in [0.2, 0.25) is 0 Å². The molecule has 7 nitrogen and oxygen atoms in total. The molecule has 0 bridgehead atoms. The predicted octanol–water partition coefficient (Wildman–Crippen LogP) is 5.60. The van der Waals surface area contributed by atoms with Gasteiger partial charge in [-0.05, 0) is 74.2 Å². The maximum absolute atomic E-state index is 13.2. The Balaban J connectivity index is 1.64. The number of aryl methyl sites for hydroxylation is 1. The molecule has 4 rings (SSSR count). The molecule has 0 aliphatic carbocycles. The third-order valence-corrected chi connectivity index (χ3v) is 6.04. The summed E-state index contributed by atoms with van der Waals surface area (Å²) in [4.78, 5) is 33.4. The molecule has 1 amide bonds. The van der Waals surface area contributed by atoms with Crippen LogP contribution in [0.5, 0.6) is 0 Å². The van der Waals surface area contributed by atoms with Gasteiger partial charge in [0.1, 0.15) is 5.82 Å². The van der Waals surface area contributed by atoms with Crippen molar-refractivity contribution in [2.45, 2.75) is 38.6 Å². The Morgan fingerprint density at radius 1 is 1.03 bits per heavy atom. The topological polar surface area (TPSA) is 116 Å². The third-order valence-electron chi connectivity index (χ3n) is 6.04. The standard InChI is InChI=1S/C29H25FN4O3/c1-18(20-9-12-23(30)13-10-20)32-29(37)22-11-14-24-26(16-22)33-25(7-2-3-8-27(35)36)28(34-24)21-6-4-5-19(15-21)17-31/h4-6,9-16,18H,2-3,7-8H2,1H3,(H,32,37)(H,35,36). The molecule has 37 heavy (non-hydrogen) atoms. The molecule has 1 atom stereocenters. The summed E-state index contributed by atoms with van der Waals surface area (Å²) in [6, 6.07) is 19.9. The summed E-state index contributed by atoms with van der Waals surface area (Å²) >= 11 is 0. The van der Waals surface area contributed by atoms with Crippen LogP contribution in [0.25, 0.3) is 22.3 Å². The number of aromatic nitrogens is 2. The fraction of sp³-hybridized carbons (Fsp3) is 0.207. The number of nitrogens with one attached hydrogen (secondary N) is 1. The van der Waals surface area contributed by atoms with Crippen LogP contribution in [0.1, 0.15) is 59.4 Å². The van der Waals surface area contributed by atoms with E-state index in [1.807, 2.05) is 13.0 Å². The maximum Gasteiger partial charge on any atom is 0.303 e. The van der Waals surface area contributed by atoms with Crippen LogP contribution in [-0.2, 0) is 11.2 Å². The maximum atomic E-state index is 13.2. The first-order valence-electron chi connectivity index (χ1n) is 11.9. The highest BCUT2D eigenvalue weighted by molar-refractivity contribution is 5.97. The minimum atomic E-state index is -0.850. The van der Waals surface area contributed by atoms with Gasteiger partial charge < -0.3 is 10.4 Å². The molecule has 1 unspecified atom stereocenters. The van der Waals surface area contributed by atoms with E-state index in [9.17, 15) is 19.2 Å². The van der Waals surface area contributed by atoms with Crippen LogP contribution in [0.3, 0.4) is 0 Å². The van der Waals surface area contributed by atoms with E-state index < -0.39 is 5.97 Å². The minimum Gasteiger partial charge on any atom is -0.481 e. The van der Waals surface area contributed by atoms with E-state index in [0.29, 0.717) is 52.8 Å². The Bertz CT molecular complexity index is 1500. The molecule has 1 heterocycles. The van der Waals surface area contributed by atoms with E-state index in [1.54, 1.807) is 48.5 Å². The van der Waals surface area contributed by atoms with Gasteiger partial charge in [0, 0.05) is 17.5 Å². The molecule has 8 heteroatoms. The lowest BCUT2D eigenvalue weighted by molar-refractivity contribution is -0.137. The van der Waals surface area contributed by atoms with E-state index in [2.05, 4.69) is 11.4 Å². The van der Waals surface area contributed by atoms with E-state index in [0.717, 1.165) is 11.1 Å². The number of carbonyl (C=O) groups excluding carboxylic acids is 1. The molecule has 0 fully saturated rings. The summed E-state index contributed by atoms with van der Waals surface area (Å²) in [6.07, 6.45) is 1.67. The molecule has 186 valence electrons. The number of amides is 1. The number of hydrogen-bond acceptors (Lipinski definition) is 5. The van der Waals surface area contributed by atoms with E-state index in [1.165, 1.54) is 12.1 Å². The summed E-state index contributed by atoms with van der Waals surface area (Å²) < 4.78 is 13.2. The van der Waals surface area contributed by atoms with Crippen LogP contribution in [0.2, 0.25) is 0 Å². The normalized spacial score (nSPS) is 11.6. The summed E-state index contributed by atoms with van der Waals surface area (Å²) in [5.74, 6) is -1.49. The van der Waals surface area contributed by atoms with Gasteiger partial charge >= 0.3 is 5.97 Å². The first kappa shape index (κ1) is 25.5. The Kier molecular flexibility index (Phi) is 7.84. The number of rotatable bonds is 9. The SMILES string of the molecule is CC(NC(=O)c1ccc2nc(-c3cccc(C#N)c3)c(CCCCC(=O)O)nc2c1)c1ccc(F)cc1. The van der Waals surface area contributed by atoms with Gasteiger partial charge in [-0.25, -0.2) is 14.4 Å². The van der Waals surface area contributed by atoms with E-state index in [4.69, 9.17) is 15.1 Å². The van der Waals surface area contributed by atoms with E-state index >= 15 is 0 Å². The number of hydrogen-bond donors (Lipinski definition) is 2. The first-order valence-corrected chi connectivity index (χ1v) is 11.9. The van der Waals surface area contributed by atoms with Crippen molar-refractivity contribution in [1.82, 2.24) is 15.3 Å². The van der Waals surface area contributed by atoms with Crippen LogP contribution in [0.4, 0.5) is 4.39 Å². The van der Waals surface area contributed by atoms with Crippen LogP contribution in [0.15, 0.2) is 66.7 Å².